The van der Waals surface area contributed by atoms with E-state index >= 15 is 4.79 Å². The number of nitrogens with zero attached hydrogens (tertiary/aromatic N) is 3. The molecule has 15 heteroatoms. The van der Waals surface area contributed by atoms with Gasteiger partial charge in [0.05, 0.1) is 6.04 Å². The number of carbonyl (C=O) groups excluding carboxylic acids is 5. The molecule has 0 aromatic carbocycles. The van der Waals surface area contributed by atoms with E-state index < -0.39 is 99.5 Å². The van der Waals surface area contributed by atoms with Gasteiger partial charge in [-0.3, -0.25) is 28.9 Å². The van der Waals surface area contributed by atoms with Crippen molar-refractivity contribution < 1.29 is 39.2 Å². The summed E-state index contributed by atoms with van der Waals surface area (Å²) in [7, 11) is -4.16. The van der Waals surface area contributed by atoms with Gasteiger partial charge in [0.1, 0.15) is 23.7 Å². The molecule has 7 fully saturated rings. The van der Waals surface area contributed by atoms with Crippen molar-refractivity contribution in [3.05, 3.63) is 12.7 Å². The zero-order valence-electron chi connectivity index (χ0n) is 40.8. The molecule has 1 unspecified atom stereocenters. The zero-order valence-corrected chi connectivity index (χ0v) is 36.6. The van der Waals surface area contributed by atoms with Crippen LogP contribution in [0.5, 0.6) is 0 Å². The highest BCUT2D eigenvalue weighted by Gasteiger charge is 2.85. The fraction of sp³-hybridized carbons (Fsp3) is 0.841. The predicted molar refractivity (Wildman–Crippen MR) is 224 cm³/mol. The fourth-order valence-corrected chi connectivity index (χ4v) is 13.4. The molecule has 7 atom stereocenters. The highest BCUT2D eigenvalue weighted by molar-refractivity contribution is 7.87. The SMILES string of the molecule is [2H]C([2H])([2H])C([2H])([2H])N1CCCC[C@H]1C(=O)NC(C(=O)N[C@H](C(=O)N1C[C@]2(C[C@H]1C(=O)N[C@]1(C(=O)NS(=O)(=O)N3CCCC3)C[C@H]1C=C)C(C)(C)C21CCC1)C(C)(C)C)C1CCCCC1. The lowest BCUT2D eigenvalue weighted by molar-refractivity contribution is -0.145. The molecule has 7 rings (SSSR count). The van der Waals surface area contributed by atoms with Crippen LogP contribution >= 0.6 is 0 Å². The molecule has 3 aliphatic heterocycles. The molecule has 5 amide bonds. The van der Waals surface area contributed by atoms with E-state index in [2.05, 4.69) is 41.1 Å². The van der Waals surface area contributed by atoms with Gasteiger partial charge in [-0.05, 0) is 99.4 Å². The summed E-state index contributed by atoms with van der Waals surface area (Å²) in [5.74, 6) is -3.99. The number of amides is 5. The van der Waals surface area contributed by atoms with E-state index in [1.54, 1.807) is 4.90 Å². The fourth-order valence-electron chi connectivity index (χ4n) is 12.1. The molecule has 0 bridgehead atoms. The van der Waals surface area contributed by atoms with Crippen LogP contribution in [-0.2, 0) is 34.2 Å². The molecule has 330 valence electrons. The van der Waals surface area contributed by atoms with Gasteiger partial charge in [-0.2, -0.15) is 12.7 Å². The Balaban J connectivity index is 1.16. The molecule has 0 radical (unpaired) electrons. The molecule has 0 aromatic rings. The predicted octanol–water partition coefficient (Wildman–Crippen LogP) is 3.77. The van der Waals surface area contributed by atoms with E-state index in [1.807, 2.05) is 20.8 Å². The van der Waals surface area contributed by atoms with Crippen LogP contribution < -0.4 is 20.7 Å². The highest BCUT2D eigenvalue weighted by atomic mass is 32.2. The standard InChI is InChI=1S/C44H71N7O7S/c1-8-30-26-44(30,39(56)48-59(57,58)50-24-15-16-25-50)47-36(53)32-27-43(41(6,7)42(43)21-17-22-42)28-51(32)38(55)34(40(3,4)5)46-37(54)33(29-18-11-10-12-19-29)45-35(52)31-20-13-14-23-49(31)9-2/h8,29-34H,1,9-28H2,2-7H3,(H,45,52)(H,46,54)(H,47,53)(H,48,56)/t30-,31+,32+,33?,34-,43-,44-/m1/s1/i2D3,9D2. The van der Waals surface area contributed by atoms with E-state index in [1.165, 1.54) is 10.4 Å². The van der Waals surface area contributed by atoms with Crippen LogP contribution in [0.4, 0.5) is 0 Å². The molecule has 0 aromatic heterocycles. The molecule has 59 heavy (non-hydrogen) atoms. The Bertz CT molecular complexity index is 2000. The average Bonchev–Trinajstić information content (AvgIpc) is 3.66. The van der Waals surface area contributed by atoms with E-state index in [-0.39, 0.29) is 55.8 Å². The molecular weight excluding hydrogens is 771 g/mol. The van der Waals surface area contributed by atoms with E-state index in [4.69, 9.17) is 6.85 Å². The average molecular weight is 847 g/mol. The summed E-state index contributed by atoms with van der Waals surface area (Å²) < 4.78 is 70.6. The van der Waals surface area contributed by atoms with Crippen molar-refractivity contribution in [2.75, 3.05) is 32.7 Å². The van der Waals surface area contributed by atoms with Crippen molar-refractivity contribution in [2.45, 2.75) is 167 Å². The third-order valence-electron chi connectivity index (χ3n) is 16.1. The van der Waals surface area contributed by atoms with Crippen LogP contribution in [0.15, 0.2) is 12.7 Å². The Morgan fingerprint density at radius 3 is 2.10 bits per heavy atom. The third-order valence-corrected chi connectivity index (χ3v) is 17.6. The normalized spacial score (nSPS) is 34.5. The third kappa shape index (κ3) is 7.54. The Kier molecular flexibility index (Phi) is 10.2. The van der Waals surface area contributed by atoms with Crippen LogP contribution in [0.1, 0.15) is 145 Å². The molecule has 3 saturated heterocycles. The smallest absolute Gasteiger partial charge is 0.303 e. The number of fused-ring (bicyclic) bond motifs is 1. The number of nitrogens with one attached hydrogen (secondary N) is 4. The summed E-state index contributed by atoms with van der Waals surface area (Å²) in [5, 5.41) is 8.87. The lowest BCUT2D eigenvalue weighted by Gasteiger charge is -2.39. The largest absolute Gasteiger partial charge is 0.343 e. The van der Waals surface area contributed by atoms with E-state index in [0.29, 0.717) is 44.9 Å². The first-order chi connectivity index (χ1) is 29.7. The number of carbonyl (C=O) groups is 5. The lowest BCUT2D eigenvalue weighted by Crippen LogP contribution is -2.63. The van der Waals surface area contributed by atoms with Gasteiger partial charge in [-0.1, -0.05) is 79.7 Å². The second-order valence-electron chi connectivity index (χ2n) is 20.4. The zero-order chi connectivity index (χ0) is 47.1. The number of hydrogen-bond donors (Lipinski definition) is 4. The summed E-state index contributed by atoms with van der Waals surface area (Å²) in [6, 6.07) is -4.44. The topological polar surface area (TPSA) is 177 Å². The van der Waals surface area contributed by atoms with Crippen molar-refractivity contribution in [2.24, 2.45) is 33.5 Å². The quantitative estimate of drug-likeness (QED) is 0.203. The van der Waals surface area contributed by atoms with Crippen LogP contribution in [0.25, 0.3) is 0 Å². The molecule has 7 aliphatic rings. The van der Waals surface area contributed by atoms with Crippen molar-refractivity contribution in [1.29, 1.82) is 0 Å². The monoisotopic (exact) mass is 847 g/mol. The van der Waals surface area contributed by atoms with Crippen molar-refractivity contribution in [1.82, 2.24) is 34.8 Å². The number of likely N-dealkylation sites (tertiary alicyclic amines) is 2. The van der Waals surface area contributed by atoms with Crippen LogP contribution in [0, 0.1) is 33.5 Å². The number of rotatable bonds is 13. The Morgan fingerprint density at radius 2 is 1.53 bits per heavy atom. The molecule has 2 spiro atoms. The summed E-state index contributed by atoms with van der Waals surface area (Å²) in [6.45, 7) is 8.73. The van der Waals surface area contributed by atoms with Crippen molar-refractivity contribution in [3.8, 4) is 0 Å². The number of piperidine rings is 1. The first-order valence-electron chi connectivity index (χ1n) is 24.7. The molecule has 3 heterocycles. The lowest BCUT2D eigenvalue weighted by atomic mass is 9.73. The first kappa shape index (κ1) is 37.7. The van der Waals surface area contributed by atoms with Gasteiger partial charge in [0.2, 0.25) is 23.6 Å². The van der Waals surface area contributed by atoms with Crippen LogP contribution in [0.3, 0.4) is 0 Å². The van der Waals surface area contributed by atoms with Gasteiger partial charge < -0.3 is 20.9 Å². The first-order valence-corrected chi connectivity index (χ1v) is 23.6. The highest BCUT2D eigenvalue weighted by Crippen LogP contribution is 2.88. The molecule has 4 aliphatic carbocycles. The minimum absolute atomic E-state index is 0.0618. The maximum Gasteiger partial charge on any atom is 0.303 e. The van der Waals surface area contributed by atoms with Gasteiger partial charge >= 0.3 is 10.2 Å². The van der Waals surface area contributed by atoms with E-state index in [9.17, 15) is 27.6 Å². The Hall–Kier alpha value is -3.04. The molecule has 4 saturated carbocycles. The van der Waals surface area contributed by atoms with Gasteiger partial charge in [0.25, 0.3) is 5.91 Å². The molecule has 14 nitrogen and oxygen atoms in total. The summed E-state index contributed by atoms with van der Waals surface area (Å²) in [6.07, 6.45) is 11.4. The second-order valence-corrected chi connectivity index (χ2v) is 22.1. The van der Waals surface area contributed by atoms with Crippen molar-refractivity contribution in [3.63, 3.8) is 0 Å². The van der Waals surface area contributed by atoms with Crippen molar-refractivity contribution >= 4 is 39.7 Å². The Morgan fingerprint density at radius 1 is 0.864 bits per heavy atom. The van der Waals surface area contributed by atoms with Crippen LogP contribution in [0.2, 0.25) is 0 Å². The molecular formula is C44H71N7O7S. The summed E-state index contributed by atoms with van der Waals surface area (Å²) >= 11 is 0. The van der Waals surface area contributed by atoms with Crippen LogP contribution in [-0.4, -0.2) is 114 Å². The Labute approximate surface area is 359 Å². The minimum atomic E-state index is -4.16. The van der Waals surface area contributed by atoms with Gasteiger partial charge in [0.15, 0.2) is 0 Å². The maximum absolute atomic E-state index is 15.3. The van der Waals surface area contributed by atoms with E-state index in [0.717, 1.165) is 43.4 Å². The van der Waals surface area contributed by atoms with Gasteiger partial charge in [-0.15, -0.1) is 6.58 Å². The minimum Gasteiger partial charge on any atom is -0.343 e. The molecule has 4 N–H and O–H groups in total. The summed E-state index contributed by atoms with van der Waals surface area (Å²) in [5.41, 5.74) is -3.20. The van der Waals surface area contributed by atoms with Gasteiger partial charge in [-0.25, -0.2) is 4.72 Å². The maximum atomic E-state index is 15.3. The number of likely N-dealkylation sites (N-methyl/N-ethyl adjacent to an activating group) is 1. The second kappa shape index (κ2) is 16.0. The summed E-state index contributed by atoms with van der Waals surface area (Å²) in [4.78, 5) is 75.7. The number of hydrogen-bond acceptors (Lipinski definition) is 8. The van der Waals surface area contributed by atoms with Gasteiger partial charge in [0, 0.05) is 37.8 Å².